The molecule has 1 aromatic rings. The minimum absolute atomic E-state index is 0. The second-order valence-electron chi connectivity index (χ2n) is 6.51. The Morgan fingerprint density at radius 3 is 2.64 bits per heavy atom. The second-order valence-corrected chi connectivity index (χ2v) is 6.51. The Labute approximate surface area is 181 Å². The number of guanidine groups is 1. The maximum absolute atomic E-state index is 12.0. The molecule has 0 unspecified atom stereocenters. The van der Waals surface area contributed by atoms with Gasteiger partial charge in [-0.2, -0.15) is 13.2 Å². The molecule has 2 rings (SSSR count). The number of hydrogen-bond donors (Lipinski definition) is 2. The summed E-state index contributed by atoms with van der Waals surface area (Å²) in [4.78, 5) is 4.54. The lowest BCUT2D eigenvalue weighted by molar-refractivity contribution is -0.173. The maximum atomic E-state index is 12.0. The van der Waals surface area contributed by atoms with Crippen LogP contribution in [0.3, 0.4) is 0 Å². The number of halogens is 4. The van der Waals surface area contributed by atoms with E-state index < -0.39 is 12.8 Å². The van der Waals surface area contributed by atoms with Crippen LogP contribution in [0.2, 0.25) is 0 Å². The van der Waals surface area contributed by atoms with Gasteiger partial charge in [0.1, 0.15) is 12.4 Å². The monoisotopic (exact) mass is 515 g/mol. The number of nitrogens with one attached hydrogen (secondary N) is 2. The fraction of sp³-hybridized carbons (Fsp3) is 0.632. The Bertz CT molecular complexity index is 596. The van der Waals surface area contributed by atoms with Crippen LogP contribution in [0.5, 0.6) is 5.75 Å². The Kier molecular flexibility index (Phi) is 11.6. The molecule has 0 spiro atoms. The van der Waals surface area contributed by atoms with Crippen LogP contribution < -0.4 is 15.4 Å². The predicted octanol–water partition coefficient (Wildman–Crippen LogP) is 4.12. The number of benzene rings is 1. The molecule has 28 heavy (non-hydrogen) atoms. The first-order valence-electron chi connectivity index (χ1n) is 9.35. The number of aliphatic imine (C=N–C) groups is 1. The molecule has 0 amide bonds. The molecule has 0 radical (unpaired) electrons. The third-order valence-electron chi connectivity index (χ3n) is 3.92. The summed E-state index contributed by atoms with van der Waals surface area (Å²) in [5.74, 6) is 2.15. The van der Waals surface area contributed by atoms with Crippen LogP contribution in [0.4, 0.5) is 13.2 Å². The number of para-hydroxylation sites is 1. The summed E-state index contributed by atoms with van der Waals surface area (Å²) < 4.78 is 46.5. The molecule has 5 nitrogen and oxygen atoms in total. The first kappa shape index (κ1) is 24.8. The molecule has 160 valence electrons. The van der Waals surface area contributed by atoms with Crippen molar-refractivity contribution in [3.05, 3.63) is 29.8 Å². The van der Waals surface area contributed by atoms with Gasteiger partial charge in [-0.25, -0.2) is 4.99 Å². The van der Waals surface area contributed by atoms with Crippen LogP contribution in [0.15, 0.2) is 29.3 Å². The molecule has 1 aromatic carbocycles. The minimum atomic E-state index is -4.28. The molecule has 0 aliphatic heterocycles. The molecule has 1 aliphatic carbocycles. The molecule has 1 fully saturated rings. The molecule has 9 heteroatoms. The zero-order chi connectivity index (χ0) is 19.5. The summed E-state index contributed by atoms with van der Waals surface area (Å²) in [6, 6.07) is 7.83. The number of ether oxygens (including phenoxy) is 2. The van der Waals surface area contributed by atoms with E-state index in [1.54, 1.807) is 0 Å². The van der Waals surface area contributed by atoms with Crippen LogP contribution in [0, 0.1) is 5.92 Å². The van der Waals surface area contributed by atoms with Gasteiger partial charge in [0.05, 0.1) is 13.2 Å². The standard InChI is InChI=1S/C19H28F3N3O2.HI/c1-2-23-18(24-10-5-11-26-14-19(20,21)22)25-12-16-6-3-4-7-17(16)27-13-15-8-9-15;/h3-4,6-7,15H,2,5,8-14H2,1H3,(H2,23,24,25);1H. The van der Waals surface area contributed by atoms with Crippen LogP contribution >= 0.6 is 24.0 Å². The molecule has 1 saturated carbocycles. The van der Waals surface area contributed by atoms with E-state index in [1.807, 2.05) is 31.2 Å². The Hall–Kier alpha value is -1.23. The van der Waals surface area contributed by atoms with E-state index in [0.29, 0.717) is 37.9 Å². The summed E-state index contributed by atoms with van der Waals surface area (Å²) in [5, 5.41) is 6.23. The Morgan fingerprint density at radius 2 is 1.96 bits per heavy atom. The third-order valence-corrected chi connectivity index (χ3v) is 3.92. The van der Waals surface area contributed by atoms with E-state index in [2.05, 4.69) is 20.4 Å². The minimum Gasteiger partial charge on any atom is -0.493 e. The van der Waals surface area contributed by atoms with Crippen molar-refractivity contribution in [3.8, 4) is 5.75 Å². The molecule has 0 aromatic heterocycles. The van der Waals surface area contributed by atoms with E-state index in [-0.39, 0.29) is 30.6 Å². The fourth-order valence-electron chi connectivity index (χ4n) is 2.34. The van der Waals surface area contributed by atoms with Gasteiger partial charge in [-0.3, -0.25) is 0 Å². The number of rotatable bonds is 11. The zero-order valence-corrected chi connectivity index (χ0v) is 18.4. The van der Waals surface area contributed by atoms with E-state index in [0.717, 1.165) is 17.9 Å². The topological polar surface area (TPSA) is 54.9 Å². The van der Waals surface area contributed by atoms with Crippen molar-refractivity contribution in [2.45, 2.75) is 38.9 Å². The van der Waals surface area contributed by atoms with Crippen molar-refractivity contribution in [3.63, 3.8) is 0 Å². The van der Waals surface area contributed by atoms with Gasteiger partial charge in [0.2, 0.25) is 0 Å². The lowest BCUT2D eigenvalue weighted by atomic mass is 10.2. The summed E-state index contributed by atoms with van der Waals surface area (Å²) in [7, 11) is 0. The number of alkyl halides is 3. The highest BCUT2D eigenvalue weighted by Gasteiger charge is 2.27. The molecular formula is C19H29F3IN3O2. The molecule has 0 bridgehead atoms. The largest absolute Gasteiger partial charge is 0.493 e. The average Bonchev–Trinajstić information content (AvgIpc) is 3.45. The zero-order valence-electron chi connectivity index (χ0n) is 16.1. The van der Waals surface area contributed by atoms with E-state index in [4.69, 9.17) is 4.74 Å². The fourth-order valence-corrected chi connectivity index (χ4v) is 2.34. The predicted molar refractivity (Wildman–Crippen MR) is 114 cm³/mol. The van der Waals surface area contributed by atoms with Gasteiger partial charge in [-0.15, -0.1) is 24.0 Å². The first-order chi connectivity index (χ1) is 13.0. The lowest BCUT2D eigenvalue weighted by Crippen LogP contribution is -2.38. The third kappa shape index (κ3) is 10.9. The van der Waals surface area contributed by atoms with Gasteiger partial charge in [0, 0.05) is 25.3 Å². The van der Waals surface area contributed by atoms with Crippen LogP contribution in [0.25, 0.3) is 0 Å². The molecule has 0 saturated heterocycles. The van der Waals surface area contributed by atoms with Gasteiger partial charge in [0.25, 0.3) is 0 Å². The maximum Gasteiger partial charge on any atom is 0.411 e. The first-order valence-corrected chi connectivity index (χ1v) is 9.35. The Morgan fingerprint density at radius 1 is 1.21 bits per heavy atom. The summed E-state index contributed by atoms with van der Waals surface area (Å²) in [6.07, 6.45) is -1.34. The van der Waals surface area contributed by atoms with Crippen LogP contribution in [-0.2, 0) is 11.3 Å². The van der Waals surface area contributed by atoms with Crippen LogP contribution in [-0.4, -0.2) is 45.0 Å². The smallest absolute Gasteiger partial charge is 0.411 e. The molecule has 0 heterocycles. The molecule has 1 aliphatic rings. The van der Waals surface area contributed by atoms with Gasteiger partial charge in [-0.1, -0.05) is 18.2 Å². The number of nitrogens with zero attached hydrogens (tertiary/aromatic N) is 1. The lowest BCUT2D eigenvalue weighted by Gasteiger charge is -2.13. The van der Waals surface area contributed by atoms with Crippen LogP contribution in [0.1, 0.15) is 31.7 Å². The van der Waals surface area contributed by atoms with E-state index >= 15 is 0 Å². The highest BCUT2D eigenvalue weighted by atomic mass is 127. The second kappa shape index (κ2) is 13.1. The van der Waals surface area contributed by atoms with Crippen molar-refractivity contribution in [2.75, 3.05) is 32.9 Å². The normalized spacial score (nSPS) is 14.4. The highest BCUT2D eigenvalue weighted by Crippen LogP contribution is 2.30. The summed E-state index contributed by atoms with van der Waals surface area (Å²) >= 11 is 0. The number of hydrogen-bond acceptors (Lipinski definition) is 3. The summed E-state index contributed by atoms with van der Waals surface area (Å²) in [6.45, 7) is 3.16. The quantitative estimate of drug-likeness (QED) is 0.202. The average molecular weight is 515 g/mol. The molecular weight excluding hydrogens is 486 g/mol. The van der Waals surface area contributed by atoms with Crippen molar-refractivity contribution in [2.24, 2.45) is 10.9 Å². The van der Waals surface area contributed by atoms with Crippen molar-refractivity contribution in [1.82, 2.24) is 10.6 Å². The SMILES string of the molecule is CCNC(=NCc1ccccc1OCC1CC1)NCCCOCC(F)(F)F.I. The Balaban J connectivity index is 0.00000392. The van der Waals surface area contributed by atoms with Gasteiger partial charge >= 0.3 is 6.18 Å². The summed E-state index contributed by atoms with van der Waals surface area (Å²) in [5.41, 5.74) is 1.00. The molecule has 2 N–H and O–H groups in total. The van der Waals surface area contributed by atoms with Crippen molar-refractivity contribution >= 4 is 29.9 Å². The van der Waals surface area contributed by atoms with E-state index in [9.17, 15) is 13.2 Å². The van der Waals surface area contributed by atoms with Crippen molar-refractivity contribution in [1.29, 1.82) is 0 Å². The van der Waals surface area contributed by atoms with E-state index in [1.165, 1.54) is 12.8 Å². The van der Waals surface area contributed by atoms with Gasteiger partial charge in [0.15, 0.2) is 5.96 Å². The van der Waals surface area contributed by atoms with Gasteiger partial charge in [-0.05, 0) is 38.2 Å². The van der Waals surface area contributed by atoms with Crippen molar-refractivity contribution < 1.29 is 22.6 Å². The highest BCUT2D eigenvalue weighted by molar-refractivity contribution is 14.0. The molecule has 0 atom stereocenters. The van der Waals surface area contributed by atoms with Gasteiger partial charge < -0.3 is 20.1 Å².